The van der Waals surface area contributed by atoms with Crippen molar-refractivity contribution in [2.75, 3.05) is 11.1 Å². The molecule has 0 bridgehead atoms. The Labute approximate surface area is 173 Å². The average Bonchev–Trinajstić information content (AvgIpc) is 3.30. The monoisotopic (exact) mass is 444 g/mol. The fourth-order valence-corrected chi connectivity index (χ4v) is 3.56. The Morgan fingerprint density at radius 3 is 2.69 bits per heavy atom. The number of thioether (sulfide) groups is 1. The lowest BCUT2D eigenvalue weighted by molar-refractivity contribution is -0.137. The molecular weight excluding hydrogens is 429 g/mol. The van der Waals surface area contributed by atoms with Crippen molar-refractivity contribution < 1.29 is 22.4 Å². The summed E-state index contributed by atoms with van der Waals surface area (Å²) in [5.74, 6) is 0.455. The van der Waals surface area contributed by atoms with Gasteiger partial charge < -0.3 is 9.73 Å². The molecule has 0 aliphatic carbocycles. The van der Waals surface area contributed by atoms with E-state index in [0.29, 0.717) is 16.7 Å². The quantitative estimate of drug-likeness (QED) is 0.506. The molecule has 0 unspecified atom stereocenters. The number of carbonyl (C=O) groups excluding carboxylic acids is 1. The highest BCUT2D eigenvalue weighted by molar-refractivity contribution is 7.99. The predicted molar refractivity (Wildman–Crippen MR) is 104 cm³/mol. The Kier molecular flexibility index (Phi) is 6.23. The summed E-state index contributed by atoms with van der Waals surface area (Å²) < 4.78 is 45.8. The minimum absolute atomic E-state index is 0.00595. The lowest BCUT2D eigenvalue weighted by atomic mass is 10.2. The van der Waals surface area contributed by atoms with Crippen LogP contribution in [0.3, 0.4) is 0 Å². The number of carbonyl (C=O) groups is 1. The van der Waals surface area contributed by atoms with E-state index in [1.807, 2.05) is 18.4 Å². The number of aromatic nitrogens is 3. The molecule has 0 fully saturated rings. The number of amides is 1. The molecule has 0 saturated heterocycles. The molecule has 0 radical (unpaired) electrons. The van der Waals surface area contributed by atoms with E-state index in [0.717, 1.165) is 30.0 Å². The number of benzene rings is 1. The van der Waals surface area contributed by atoms with Crippen LogP contribution in [0.25, 0.3) is 11.6 Å². The fraction of sp³-hybridized carbons (Fsp3) is 0.278. The van der Waals surface area contributed by atoms with Crippen molar-refractivity contribution in [1.82, 2.24) is 14.8 Å². The number of alkyl halides is 3. The van der Waals surface area contributed by atoms with Crippen LogP contribution in [0.1, 0.15) is 25.5 Å². The maximum absolute atomic E-state index is 12.9. The van der Waals surface area contributed by atoms with Gasteiger partial charge in [0.15, 0.2) is 10.9 Å². The number of nitrogens with zero attached hydrogens (tertiary/aromatic N) is 3. The number of halogens is 4. The van der Waals surface area contributed by atoms with Gasteiger partial charge >= 0.3 is 6.18 Å². The van der Waals surface area contributed by atoms with E-state index in [4.69, 9.17) is 16.0 Å². The Bertz CT molecular complexity index is 1000. The fourth-order valence-electron chi connectivity index (χ4n) is 2.53. The number of furan rings is 1. The van der Waals surface area contributed by atoms with Gasteiger partial charge in [-0.2, -0.15) is 13.2 Å². The zero-order chi connectivity index (χ0) is 21.2. The molecule has 29 heavy (non-hydrogen) atoms. The molecule has 1 aromatic carbocycles. The molecule has 3 rings (SSSR count). The van der Waals surface area contributed by atoms with Gasteiger partial charge in [-0.3, -0.25) is 9.36 Å². The van der Waals surface area contributed by atoms with E-state index in [2.05, 4.69) is 15.5 Å². The van der Waals surface area contributed by atoms with Crippen molar-refractivity contribution >= 4 is 35.0 Å². The van der Waals surface area contributed by atoms with Crippen LogP contribution in [0.15, 0.2) is 46.2 Å². The summed E-state index contributed by atoms with van der Waals surface area (Å²) in [7, 11) is 0. The first-order valence-corrected chi connectivity index (χ1v) is 9.81. The first-order valence-electron chi connectivity index (χ1n) is 8.45. The van der Waals surface area contributed by atoms with Crippen LogP contribution >= 0.6 is 23.4 Å². The van der Waals surface area contributed by atoms with Gasteiger partial charge in [-0.05, 0) is 44.2 Å². The maximum atomic E-state index is 12.9. The molecule has 154 valence electrons. The number of nitrogens with one attached hydrogen (secondary N) is 1. The minimum atomic E-state index is -4.53. The van der Waals surface area contributed by atoms with E-state index >= 15 is 0 Å². The van der Waals surface area contributed by atoms with Crippen LogP contribution in [0.5, 0.6) is 0 Å². The highest BCUT2D eigenvalue weighted by atomic mass is 35.5. The molecule has 11 heteroatoms. The molecule has 6 nitrogen and oxygen atoms in total. The first kappa shape index (κ1) is 21.3. The number of hydrogen-bond donors (Lipinski definition) is 1. The third-order valence-corrected chi connectivity index (χ3v) is 5.10. The van der Waals surface area contributed by atoms with Gasteiger partial charge in [-0.15, -0.1) is 10.2 Å². The highest BCUT2D eigenvalue weighted by Gasteiger charge is 2.31. The lowest BCUT2D eigenvalue weighted by Gasteiger charge is -2.13. The molecule has 2 heterocycles. The molecular formula is C18H16ClF3N4O2S. The summed E-state index contributed by atoms with van der Waals surface area (Å²) in [5, 5.41) is 11.1. The molecule has 0 atom stereocenters. The second-order valence-electron chi connectivity index (χ2n) is 6.28. The Hall–Kier alpha value is -2.46. The zero-order valence-corrected chi connectivity index (χ0v) is 16.9. The minimum Gasteiger partial charge on any atom is -0.461 e. The normalized spacial score (nSPS) is 11.8. The van der Waals surface area contributed by atoms with Crippen molar-refractivity contribution in [3.8, 4) is 11.6 Å². The second-order valence-corrected chi connectivity index (χ2v) is 7.63. The standard InChI is InChI=1S/C18H16ClF3N4O2S/c1-10(2)26-16(14-4-3-7-28-14)24-25-17(26)29-9-15(27)23-13-8-11(18(20,21)22)5-6-12(13)19/h3-8,10H,9H2,1-2H3,(H,23,27). The predicted octanol–water partition coefficient (Wildman–Crippen LogP) is 5.52. The molecule has 0 spiro atoms. The average molecular weight is 445 g/mol. The van der Waals surface area contributed by atoms with Crippen molar-refractivity contribution in [1.29, 1.82) is 0 Å². The Balaban J connectivity index is 1.72. The van der Waals surface area contributed by atoms with Crippen molar-refractivity contribution in [2.45, 2.75) is 31.2 Å². The summed E-state index contributed by atoms with van der Waals surface area (Å²) in [4.78, 5) is 12.3. The van der Waals surface area contributed by atoms with Crippen LogP contribution in [0, 0.1) is 0 Å². The third kappa shape index (κ3) is 4.94. The van der Waals surface area contributed by atoms with Gasteiger partial charge in [-0.25, -0.2) is 0 Å². The van der Waals surface area contributed by atoms with Gasteiger partial charge in [0.25, 0.3) is 0 Å². The largest absolute Gasteiger partial charge is 0.461 e. The van der Waals surface area contributed by atoms with Gasteiger partial charge in [0.2, 0.25) is 11.7 Å². The summed E-state index contributed by atoms with van der Waals surface area (Å²) >= 11 is 7.02. The van der Waals surface area contributed by atoms with Crippen LogP contribution in [0.2, 0.25) is 5.02 Å². The van der Waals surface area contributed by atoms with E-state index in [1.165, 1.54) is 6.26 Å². The van der Waals surface area contributed by atoms with E-state index in [1.54, 1.807) is 12.1 Å². The summed E-state index contributed by atoms with van der Waals surface area (Å²) in [6, 6.07) is 6.23. The second kappa shape index (κ2) is 8.50. The molecule has 1 N–H and O–H groups in total. The third-order valence-electron chi connectivity index (χ3n) is 3.82. The van der Waals surface area contributed by atoms with E-state index in [9.17, 15) is 18.0 Å². The SMILES string of the molecule is CC(C)n1c(SCC(=O)Nc2cc(C(F)(F)F)ccc2Cl)nnc1-c1ccco1. The van der Waals surface area contributed by atoms with Gasteiger partial charge in [-0.1, -0.05) is 23.4 Å². The molecule has 0 saturated carbocycles. The molecule has 1 amide bonds. The number of hydrogen-bond acceptors (Lipinski definition) is 5. The van der Waals surface area contributed by atoms with Crippen molar-refractivity contribution in [3.63, 3.8) is 0 Å². The van der Waals surface area contributed by atoms with Gasteiger partial charge in [0.1, 0.15) is 0 Å². The maximum Gasteiger partial charge on any atom is 0.416 e. The van der Waals surface area contributed by atoms with Crippen LogP contribution in [-0.2, 0) is 11.0 Å². The Morgan fingerprint density at radius 2 is 2.07 bits per heavy atom. The molecule has 0 aliphatic rings. The zero-order valence-electron chi connectivity index (χ0n) is 15.3. The van der Waals surface area contributed by atoms with E-state index < -0.39 is 17.6 Å². The van der Waals surface area contributed by atoms with E-state index in [-0.39, 0.29) is 22.5 Å². The number of rotatable bonds is 6. The van der Waals surface area contributed by atoms with Crippen LogP contribution in [-0.4, -0.2) is 26.4 Å². The summed E-state index contributed by atoms with van der Waals surface area (Å²) in [5.41, 5.74) is -0.999. The van der Waals surface area contributed by atoms with Crippen LogP contribution in [0.4, 0.5) is 18.9 Å². The van der Waals surface area contributed by atoms with Crippen molar-refractivity contribution in [3.05, 3.63) is 47.2 Å². The van der Waals surface area contributed by atoms with Crippen molar-refractivity contribution in [2.24, 2.45) is 0 Å². The lowest BCUT2D eigenvalue weighted by Crippen LogP contribution is -2.16. The Morgan fingerprint density at radius 1 is 1.31 bits per heavy atom. The topological polar surface area (TPSA) is 73.0 Å². The summed E-state index contributed by atoms with van der Waals surface area (Å²) in [6.07, 6.45) is -3.01. The first-order chi connectivity index (χ1) is 13.7. The highest BCUT2D eigenvalue weighted by Crippen LogP contribution is 2.34. The molecule has 2 aromatic heterocycles. The smallest absolute Gasteiger partial charge is 0.416 e. The van der Waals surface area contributed by atoms with Gasteiger partial charge in [0.05, 0.1) is 28.3 Å². The van der Waals surface area contributed by atoms with Gasteiger partial charge in [0, 0.05) is 6.04 Å². The summed E-state index contributed by atoms with van der Waals surface area (Å²) in [6.45, 7) is 3.87. The number of anilines is 1. The molecule has 3 aromatic rings. The molecule has 0 aliphatic heterocycles. The van der Waals surface area contributed by atoms with Crippen LogP contribution < -0.4 is 5.32 Å².